The molecule has 0 aliphatic heterocycles. The van der Waals surface area contributed by atoms with Gasteiger partial charge < -0.3 is 4.42 Å². The number of aryl methyl sites for hydroxylation is 1. The minimum absolute atomic E-state index is 0.146. The van der Waals surface area contributed by atoms with Gasteiger partial charge in [-0.1, -0.05) is 0 Å². The van der Waals surface area contributed by atoms with Crippen LogP contribution in [0, 0.1) is 22.9 Å². The predicted octanol–water partition coefficient (Wildman–Crippen LogP) is 2.87. The van der Waals surface area contributed by atoms with Crippen molar-refractivity contribution < 1.29 is 18.5 Å². The molecule has 2 aromatic rings. The second kappa shape index (κ2) is 4.40. The lowest BCUT2D eigenvalue weighted by atomic mass is 10.1. The van der Waals surface area contributed by atoms with Gasteiger partial charge in [-0.25, -0.2) is 4.39 Å². The summed E-state index contributed by atoms with van der Waals surface area (Å²) >= 11 is 0. The fourth-order valence-corrected chi connectivity index (χ4v) is 1.48. The number of nitrogens with zero attached hydrogens (tertiary/aromatic N) is 1. The molecule has 0 atom stereocenters. The largest absolute Gasteiger partial charge is 0.433 e. The quantitative estimate of drug-likeness (QED) is 0.476. The summed E-state index contributed by atoms with van der Waals surface area (Å²) in [5, 5.41) is 10.4. The van der Waals surface area contributed by atoms with Gasteiger partial charge in [0.2, 0.25) is 5.78 Å². The summed E-state index contributed by atoms with van der Waals surface area (Å²) in [6, 6.07) is 6.16. The molecule has 92 valence electrons. The number of hydrogen-bond acceptors (Lipinski definition) is 4. The Morgan fingerprint density at radius 3 is 2.61 bits per heavy atom. The Kier molecular flexibility index (Phi) is 2.93. The summed E-state index contributed by atoms with van der Waals surface area (Å²) in [6.45, 7) is 1.52. The zero-order valence-electron chi connectivity index (χ0n) is 9.34. The van der Waals surface area contributed by atoms with Gasteiger partial charge in [-0.2, -0.15) is 0 Å². The van der Waals surface area contributed by atoms with Crippen LogP contribution in [-0.2, 0) is 0 Å². The molecule has 18 heavy (non-hydrogen) atoms. The maximum Gasteiger partial charge on any atom is 0.433 e. The zero-order chi connectivity index (χ0) is 13.3. The third kappa shape index (κ3) is 2.13. The average molecular weight is 249 g/mol. The molecule has 5 nitrogen and oxygen atoms in total. The number of rotatable bonds is 3. The van der Waals surface area contributed by atoms with Gasteiger partial charge in [-0.05, 0) is 36.8 Å². The first-order valence-corrected chi connectivity index (χ1v) is 5.04. The Morgan fingerprint density at radius 2 is 2.06 bits per heavy atom. The van der Waals surface area contributed by atoms with E-state index in [1.54, 1.807) is 0 Å². The van der Waals surface area contributed by atoms with E-state index in [-0.39, 0.29) is 11.3 Å². The number of nitro groups is 1. The molecule has 1 aromatic carbocycles. The van der Waals surface area contributed by atoms with Crippen molar-refractivity contribution in [3.8, 4) is 0 Å². The number of ketones is 1. The lowest BCUT2D eigenvalue weighted by Crippen LogP contribution is -2.00. The van der Waals surface area contributed by atoms with Crippen molar-refractivity contribution in [2.75, 3.05) is 0 Å². The molecule has 0 spiro atoms. The molecule has 1 aromatic heterocycles. The molecule has 0 amide bonds. The van der Waals surface area contributed by atoms with Crippen LogP contribution >= 0.6 is 0 Å². The van der Waals surface area contributed by atoms with Crippen LogP contribution in [0.3, 0.4) is 0 Å². The number of carbonyl (C=O) groups is 1. The lowest BCUT2D eigenvalue weighted by Gasteiger charge is -2.00. The third-order valence-electron chi connectivity index (χ3n) is 2.42. The second-order valence-corrected chi connectivity index (χ2v) is 3.69. The van der Waals surface area contributed by atoms with Gasteiger partial charge >= 0.3 is 5.88 Å². The summed E-state index contributed by atoms with van der Waals surface area (Å²) < 4.78 is 17.8. The van der Waals surface area contributed by atoms with E-state index in [0.717, 1.165) is 6.07 Å². The van der Waals surface area contributed by atoms with Crippen LogP contribution in [0.25, 0.3) is 0 Å². The van der Waals surface area contributed by atoms with Crippen molar-refractivity contribution in [3.63, 3.8) is 0 Å². The average Bonchev–Trinajstić information content (AvgIpc) is 2.81. The molecule has 0 saturated heterocycles. The van der Waals surface area contributed by atoms with Crippen molar-refractivity contribution in [3.05, 3.63) is 63.2 Å². The van der Waals surface area contributed by atoms with Gasteiger partial charge in [-0.3, -0.25) is 14.9 Å². The van der Waals surface area contributed by atoms with Crippen molar-refractivity contribution in [2.45, 2.75) is 6.92 Å². The number of furan rings is 1. The summed E-state index contributed by atoms with van der Waals surface area (Å²) in [7, 11) is 0. The van der Waals surface area contributed by atoms with E-state index in [2.05, 4.69) is 0 Å². The molecule has 2 rings (SSSR count). The van der Waals surface area contributed by atoms with E-state index in [9.17, 15) is 19.3 Å². The third-order valence-corrected chi connectivity index (χ3v) is 2.42. The topological polar surface area (TPSA) is 73.3 Å². The number of carbonyl (C=O) groups excluding carboxylic acids is 1. The van der Waals surface area contributed by atoms with E-state index in [1.807, 2.05) is 0 Å². The maximum atomic E-state index is 13.1. The lowest BCUT2D eigenvalue weighted by molar-refractivity contribution is -0.402. The number of halogens is 1. The predicted molar refractivity (Wildman–Crippen MR) is 59.9 cm³/mol. The standard InChI is InChI=1S/C12H8FNO4/c1-7-6-8(2-3-9(7)13)12(15)10-4-5-11(18-10)14(16)17/h2-6H,1H3. The summed E-state index contributed by atoms with van der Waals surface area (Å²) in [6.07, 6.45) is 0. The minimum Gasteiger partial charge on any atom is -0.397 e. The van der Waals surface area contributed by atoms with E-state index in [4.69, 9.17) is 4.42 Å². The highest BCUT2D eigenvalue weighted by atomic mass is 19.1. The highest BCUT2D eigenvalue weighted by Crippen LogP contribution is 2.19. The van der Waals surface area contributed by atoms with Gasteiger partial charge in [0.1, 0.15) is 10.7 Å². The molecule has 1 heterocycles. The van der Waals surface area contributed by atoms with Crippen molar-refractivity contribution >= 4 is 11.7 Å². The number of benzene rings is 1. The van der Waals surface area contributed by atoms with Crippen LogP contribution in [-0.4, -0.2) is 10.7 Å². The highest BCUT2D eigenvalue weighted by molar-refractivity contribution is 6.07. The maximum absolute atomic E-state index is 13.1. The van der Waals surface area contributed by atoms with Crippen LogP contribution in [0.5, 0.6) is 0 Å². The smallest absolute Gasteiger partial charge is 0.397 e. The molecular formula is C12H8FNO4. The van der Waals surface area contributed by atoms with Crippen molar-refractivity contribution in [1.82, 2.24) is 0 Å². The molecule has 0 aliphatic carbocycles. The molecule has 0 aliphatic rings. The molecule has 0 N–H and O–H groups in total. The zero-order valence-corrected chi connectivity index (χ0v) is 9.34. The Bertz CT molecular complexity index is 633. The first-order chi connectivity index (χ1) is 8.49. The van der Waals surface area contributed by atoms with E-state index >= 15 is 0 Å². The monoisotopic (exact) mass is 249 g/mol. The Morgan fingerprint density at radius 1 is 1.33 bits per heavy atom. The Hall–Kier alpha value is -2.50. The van der Waals surface area contributed by atoms with Crippen LogP contribution in [0.1, 0.15) is 21.7 Å². The molecule has 0 radical (unpaired) electrons. The van der Waals surface area contributed by atoms with Crippen LogP contribution < -0.4 is 0 Å². The Balaban J connectivity index is 2.35. The fourth-order valence-electron chi connectivity index (χ4n) is 1.48. The van der Waals surface area contributed by atoms with E-state index < -0.39 is 22.4 Å². The van der Waals surface area contributed by atoms with Gasteiger partial charge in [0.25, 0.3) is 0 Å². The molecule has 0 unspecified atom stereocenters. The Labute approximate surface area is 101 Å². The molecule has 6 heteroatoms. The normalized spacial score (nSPS) is 10.3. The highest BCUT2D eigenvalue weighted by Gasteiger charge is 2.19. The van der Waals surface area contributed by atoms with Crippen molar-refractivity contribution in [1.29, 1.82) is 0 Å². The fraction of sp³-hybridized carbons (Fsp3) is 0.0833. The van der Waals surface area contributed by atoms with Gasteiger partial charge in [-0.15, -0.1) is 0 Å². The van der Waals surface area contributed by atoms with E-state index in [0.29, 0.717) is 5.56 Å². The van der Waals surface area contributed by atoms with Gasteiger partial charge in [0.05, 0.1) is 6.07 Å². The number of hydrogen-bond donors (Lipinski definition) is 0. The van der Waals surface area contributed by atoms with E-state index in [1.165, 1.54) is 31.2 Å². The molecular weight excluding hydrogens is 241 g/mol. The van der Waals surface area contributed by atoms with Crippen LogP contribution in [0.15, 0.2) is 34.7 Å². The first-order valence-electron chi connectivity index (χ1n) is 5.04. The van der Waals surface area contributed by atoms with Crippen LogP contribution in [0.2, 0.25) is 0 Å². The molecule has 0 saturated carbocycles. The summed E-state index contributed by atoms with van der Waals surface area (Å²) in [4.78, 5) is 21.6. The molecule has 0 bridgehead atoms. The minimum atomic E-state index is -0.729. The van der Waals surface area contributed by atoms with Crippen LogP contribution in [0.4, 0.5) is 10.3 Å². The van der Waals surface area contributed by atoms with Gasteiger partial charge in [0.15, 0.2) is 5.76 Å². The first kappa shape index (κ1) is 12.0. The summed E-state index contributed by atoms with van der Waals surface area (Å²) in [5.74, 6) is -1.59. The van der Waals surface area contributed by atoms with Gasteiger partial charge in [0, 0.05) is 5.56 Å². The van der Waals surface area contributed by atoms with Crippen molar-refractivity contribution in [2.24, 2.45) is 0 Å². The molecule has 0 fully saturated rings. The SMILES string of the molecule is Cc1cc(C(=O)c2ccc([N+](=O)[O-])o2)ccc1F. The second-order valence-electron chi connectivity index (χ2n) is 3.69. The summed E-state index contributed by atoms with van der Waals surface area (Å²) in [5.41, 5.74) is 0.542.